The minimum atomic E-state index is -0.787. The Balaban J connectivity index is 1.81. The van der Waals surface area contributed by atoms with Crippen LogP contribution in [0.3, 0.4) is 0 Å². The van der Waals surface area contributed by atoms with Crippen molar-refractivity contribution in [2.45, 2.75) is 33.6 Å². The van der Waals surface area contributed by atoms with Crippen molar-refractivity contribution in [3.05, 3.63) is 64.0 Å². The molecule has 0 atom stereocenters. The fourth-order valence-corrected chi connectivity index (χ4v) is 2.59. The van der Waals surface area contributed by atoms with Crippen LogP contribution >= 0.6 is 0 Å². The van der Waals surface area contributed by atoms with E-state index in [1.807, 2.05) is 39.0 Å². The summed E-state index contributed by atoms with van der Waals surface area (Å²) in [5.74, 6) is 0.926. The SMILES string of the molecule is CCCCOC(=O)Oc1ccc2c(=O)c(Oc3cc(C)ccc3C)coc2c1. The average Bonchev–Trinajstić information content (AvgIpc) is 2.67. The van der Waals surface area contributed by atoms with Crippen LogP contribution in [0.4, 0.5) is 4.79 Å². The second-order valence-electron chi connectivity index (χ2n) is 6.51. The fraction of sp³-hybridized carbons (Fsp3) is 0.273. The highest BCUT2D eigenvalue weighted by Gasteiger charge is 2.13. The first-order valence-corrected chi connectivity index (χ1v) is 9.13. The number of hydrogen-bond donors (Lipinski definition) is 0. The molecule has 0 aliphatic rings. The highest BCUT2D eigenvalue weighted by Crippen LogP contribution is 2.27. The van der Waals surface area contributed by atoms with Crippen molar-refractivity contribution in [2.75, 3.05) is 6.61 Å². The van der Waals surface area contributed by atoms with Gasteiger partial charge in [0.25, 0.3) is 0 Å². The van der Waals surface area contributed by atoms with Gasteiger partial charge in [-0.15, -0.1) is 0 Å². The first kappa shape index (κ1) is 19.5. The van der Waals surface area contributed by atoms with E-state index in [2.05, 4.69) is 0 Å². The van der Waals surface area contributed by atoms with Crippen molar-refractivity contribution in [3.8, 4) is 17.2 Å². The largest absolute Gasteiger partial charge is 0.513 e. The number of aryl methyl sites for hydroxylation is 2. The van der Waals surface area contributed by atoms with Crippen LogP contribution in [-0.2, 0) is 4.74 Å². The van der Waals surface area contributed by atoms with Crippen molar-refractivity contribution >= 4 is 17.1 Å². The molecule has 0 spiro atoms. The summed E-state index contributed by atoms with van der Waals surface area (Å²) in [6.07, 6.45) is 2.16. The van der Waals surface area contributed by atoms with Gasteiger partial charge in [0, 0.05) is 6.07 Å². The number of benzene rings is 2. The topological polar surface area (TPSA) is 75.0 Å². The lowest BCUT2D eigenvalue weighted by Gasteiger charge is -2.10. The lowest BCUT2D eigenvalue weighted by atomic mass is 10.1. The number of carbonyl (C=O) groups is 1. The number of rotatable bonds is 6. The molecule has 0 fully saturated rings. The Morgan fingerprint density at radius 1 is 1.07 bits per heavy atom. The molecule has 146 valence electrons. The van der Waals surface area contributed by atoms with Crippen molar-refractivity contribution in [1.29, 1.82) is 0 Å². The number of fused-ring (bicyclic) bond motifs is 1. The molecule has 0 amide bonds. The van der Waals surface area contributed by atoms with E-state index in [0.29, 0.717) is 17.7 Å². The maximum atomic E-state index is 12.7. The molecule has 0 saturated carbocycles. The van der Waals surface area contributed by atoms with Crippen LogP contribution in [-0.4, -0.2) is 12.8 Å². The quantitative estimate of drug-likeness (QED) is 0.317. The molecule has 0 saturated heterocycles. The fourth-order valence-electron chi connectivity index (χ4n) is 2.59. The molecular formula is C22H22O6. The smallest absolute Gasteiger partial charge is 0.460 e. The minimum Gasteiger partial charge on any atom is -0.460 e. The number of hydrogen-bond acceptors (Lipinski definition) is 6. The third kappa shape index (κ3) is 4.52. The molecular weight excluding hydrogens is 360 g/mol. The van der Waals surface area contributed by atoms with Gasteiger partial charge in [-0.05, 0) is 49.6 Å². The van der Waals surface area contributed by atoms with Crippen LogP contribution in [0.5, 0.6) is 17.2 Å². The summed E-state index contributed by atoms with van der Waals surface area (Å²) in [5.41, 5.74) is 1.92. The van der Waals surface area contributed by atoms with Crippen LogP contribution < -0.4 is 14.9 Å². The number of carbonyl (C=O) groups excluding carboxylic acids is 1. The molecule has 0 unspecified atom stereocenters. The summed E-state index contributed by atoms with van der Waals surface area (Å²) < 4.78 is 21.4. The normalized spacial score (nSPS) is 10.7. The van der Waals surface area contributed by atoms with E-state index < -0.39 is 6.16 Å². The van der Waals surface area contributed by atoms with Gasteiger partial charge in [0.05, 0.1) is 12.0 Å². The zero-order chi connectivity index (χ0) is 20.1. The van der Waals surface area contributed by atoms with Gasteiger partial charge in [0.1, 0.15) is 23.3 Å². The Morgan fingerprint density at radius 3 is 2.68 bits per heavy atom. The first-order valence-electron chi connectivity index (χ1n) is 9.13. The summed E-state index contributed by atoms with van der Waals surface area (Å²) in [5, 5.41) is 0.328. The Bertz CT molecular complexity index is 1050. The molecule has 1 heterocycles. The van der Waals surface area contributed by atoms with Gasteiger partial charge in [-0.2, -0.15) is 0 Å². The summed E-state index contributed by atoms with van der Waals surface area (Å²) in [7, 11) is 0. The monoisotopic (exact) mass is 382 g/mol. The zero-order valence-corrected chi connectivity index (χ0v) is 16.1. The summed E-state index contributed by atoms with van der Waals surface area (Å²) in [6.45, 7) is 6.15. The molecule has 0 bridgehead atoms. The highest BCUT2D eigenvalue weighted by molar-refractivity contribution is 5.80. The molecule has 0 aliphatic carbocycles. The van der Waals surface area contributed by atoms with Crippen LogP contribution in [0.1, 0.15) is 30.9 Å². The molecule has 6 heteroatoms. The van der Waals surface area contributed by atoms with Gasteiger partial charge in [0.2, 0.25) is 11.2 Å². The third-order valence-corrected chi connectivity index (χ3v) is 4.20. The van der Waals surface area contributed by atoms with Gasteiger partial charge in [-0.3, -0.25) is 4.79 Å². The Morgan fingerprint density at radius 2 is 1.89 bits per heavy atom. The lowest BCUT2D eigenvalue weighted by Crippen LogP contribution is -2.11. The second-order valence-corrected chi connectivity index (χ2v) is 6.51. The van der Waals surface area contributed by atoms with Gasteiger partial charge < -0.3 is 18.6 Å². The zero-order valence-electron chi connectivity index (χ0n) is 16.1. The third-order valence-electron chi connectivity index (χ3n) is 4.20. The first-order chi connectivity index (χ1) is 13.5. The molecule has 3 rings (SSSR count). The number of ether oxygens (including phenoxy) is 3. The van der Waals surface area contributed by atoms with Crippen LogP contribution in [0.2, 0.25) is 0 Å². The molecule has 3 aromatic rings. The molecule has 0 radical (unpaired) electrons. The predicted molar refractivity (Wildman–Crippen MR) is 105 cm³/mol. The molecule has 28 heavy (non-hydrogen) atoms. The van der Waals surface area contributed by atoms with Crippen molar-refractivity contribution in [3.63, 3.8) is 0 Å². The predicted octanol–water partition coefficient (Wildman–Crippen LogP) is 5.52. The summed E-state index contributed by atoms with van der Waals surface area (Å²) >= 11 is 0. The Hall–Kier alpha value is -3.28. The van der Waals surface area contributed by atoms with Gasteiger partial charge in [0.15, 0.2) is 0 Å². The second kappa shape index (κ2) is 8.61. The average molecular weight is 382 g/mol. The molecule has 0 N–H and O–H groups in total. The van der Waals surface area contributed by atoms with E-state index in [1.165, 1.54) is 24.5 Å². The molecule has 2 aromatic carbocycles. The summed E-state index contributed by atoms with van der Waals surface area (Å²) in [6, 6.07) is 10.3. The Kier molecular flexibility index (Phi) is 5.99. The van der Waals surface area contributed by atoms with E-state index in [1.54, 1.807) is 0 Å². The molecule has 1 aromatic heterocycles. The van der Waals surface area contributed by atoms with E-state index >= 15 is 0 Å². The standard InChI is InChI=1S/C22H22O6/c1-4-5-10-25-22(24)27-16-8-9-17-19(12-16)26-13-20(21(17)23)28-18-11-14(2)6-7-15(18)3/h6-9,11-13H,4-5,10H2,1-3H3. The van der Waals surface area contributed by atoms with Gasteiger partial charge in [-0.1, -0.05) is 25.5 Å². The van der Waals surface area contributed by atoms with E-state index in [-0.39, 0.29) is 22.5 Å². The van der Waals surface area contributed by atoms with E-state index in [0.717, 1.165) is 24.0 Å². The van der Waals surface area contributed by atoms with Gasteiger partial charge >= 0.3 is 6.16 Å². The maximum Gasteiger partial charge on any atom is 0.513 e. The minimum absolute atomic E-state index is 0.0915. The van der Waals surface area contributed by atoms with Gasteiger partial charge in [-0.25, -0.2) is 4.79 Å². The van der Waals surface area contributed by atoms with Crippen molar-refractivity contribution in [2.24, 2.45) is 0 Å². The molecule has 6 nitrogen and oxygen atoms in total. The van der Waals surface area contributed by atoms with Crippen LogP contribution in [0.25, 0.3) is 11.0 Å². The van der Waals surface area contributed by atoms with E-state index in [4.69, 9.17) is 18.6 Å². The highest BCUT2D eigenvalue weighted by atomic mass is 16.7. The van der Waals surface area contributed by atoms with E-state index in [9.17, 15) is 9.59 Å². The molecule has 0 aliphatic heterocycles. The lowest BCUT2D eigenvalue weighted by molar-refractivity contribution is 0.0978. The van der Waals surface area contributed by atoms with Crippen LogP contribution in [0.15, 0.2) is 51.9 Å². The maximum absolute atomic E-state index is 12.7. The van der Waals surface area contributed by atoms with Crippen molar-refractivity contribution in [1.82, 2.24) is 0 Å². The van der Waals surface area contributed by atoms with Crippen molar-refractivity contribution < 1.29 is 23.4 Å². The number of unbranched alkanes of at least 4 members (excludes halogenated alkanes) is 1. The Labute approximate surface area is 162 Å². The summed E-state index contributed by atoms with van der Waals surface area (Å²) in [4.78, 5) is 24.4. The van der Waals surface area contributed by atoms with Crippen LogP contribution in [0, 0.1) is 13.8 Å².